The molecule has 1 aromatic rings. The summed E-state index contributed by atoms with van der Waals surface area (Å²) in [5, 5.41) is 9.78. The van der Waals surface area contributed by atoms with Crippen LogP contribution in [0.15, 0.2) is 30.4 Å². The second-order valence-corrected chi connectivity index (χ2v) is 4.93. The predicted molar refractivity (Wildman–Crippen MR) is 67.6 cm³/mol. The number of carbonyl (C=O) groups excluding carboxylic acids is 1. The van der Waals surface area contributed by atoms with Gasteiger partial charge < -0.3 is 5.11 Å². The van der Waals surface area contributed by atoms with Crippen LogP contribution in [0.1, 0.15) is 24.8 Å². The first kappa shape index (κ1) is 13.9. The Morgan fingerprint density at radius 1 is 1.42 bits per heavy atom. The zero-order valence-electron chi connectivity index (χ0n) is 10.5. The van der Waals surface area contributed by atoms with E-state index < -0.39 is 17.7 Å². The zero-order chi connectivity index (χ0) is 13.8. The molecule has 19 heavy (non-hydrogen) atoms. The van der Waals surface area contributed by atoms with Crippen LogP contribution in [-0.2, 0) is 11.2 Å². The fourth-order valence-electron chi connectivity index (χ4n) is 2.29. The lowest BCUT2D eigenvalue weighted by molar-refractivity contribution is -0.117. The highest BCUT2D eigenvalue weighted by Gasteiger charge is 2.19. The molecule has 0 heterocycles. The molecule has 0 radical (unpaired) electrons. The molecule has 2 rings (SSSR count). The van der Waals surface area contributed by atoms with Crippen LogP contribution in [0.2, 0.25) is 0 Å². The Morgan fingerprint density at radius 2 is 2.21 bits per heavy atom. The minimum Gasteiger partial charge on any atom is -0.389 e. The van der Waals surface area contributed by atoms with E-state index in [4.69, 9.17) is 0 Å². The summed E-state index contributed by atoms with van der Waals surface area (Å²) in [7, 11) is 0. The molecule has 1 aromatic carbocycles. The number of halogens is 2. The van der Waals surface area contributed by atoms with E-state index in [0.717, 1.165) is 24.6 Å². The highest BCUT2D eigenvalue weighted by molar-refractivity contribution is 5.80. The molecule has 0 bridgehead atoms. The normalized spacial score (nSPS) is 21.2. The van der Waals surface area contributed by atoms with Gasteiger partial charge in [-0.2, -0.15) is 0 Å². The van der Waals surface area contributed by atoms with Crippen molar-refractivity contribution < 1.29 is 18.7 Å². The average molecular weight is 266 g/mol. The molecule has 1 fully saturated rings. The Labute approximate surface area is 110 Å². The average Bonchev–Trinajstić information content (AvgIpc) is 2.77. The summed E-state index contributed by atoms with van der Waals surface area (Å²) in [6.45, 7) is 0. The van der Waals surface area contributed by atoms with Crippen molar-refractivity contribution in [1.29, 1.82) is 0 Å². The quantitative estimate of drug-likeness (QED) is 0.851. The lowest BCUT2D eigenvalue weighted by atomic mass is 10.0. The van der Waals surface area contributed by atoms with E-state index in [2.05, 4.69) is 0 Å². The van der Waals surface area contributed by atoms with Crippen LogP contribution in [0.25, 0.3) is 0 Å². The van der Waals surface area contributed by atoms with Gasteiger partial charge in [0.2, 0.25) is 0 Å². The zero-order valence-corrected chi connectivity index (χ0v) is 10.5. The number of aliphatic hydroxyl groups excluding tert-OH is 1. The number of ketones is 1. The van der Waals surface area contributed by atoms with Crippen molar-refractivity contribution >= 4 is 5.78 Å². The van der Waals surface area contributed by atoms with Gasteiger partial charge in [0.05, 0.1) is 6.10 Å². The highest BCUT2D eigenvalue weighted by Crippen LogP contribution is 2.23. The number of allylic oxidation sites excluding steroid dienone is 1. The molecule has 1 unspecified atom stereocenters. The van der Waals surface area contributed by atoms with E-state index in [1.807, 2.05) is 0 Å². The molecule has 1 saturated carbocycles. The smallest absolute Gasteiger partial charge is 0.133 e. The minimum atomic E-state index is -0.869. The van der Waals surface area contributed by atoms with Gasteiger partial charge in [0, 0.05) is 19.3 Å². The van der Waals surface area contributed by atoms with E-state index >= 15 is 0 Å². The number of hydrogen-bond donors (Lipinski definition) is 1. The SMILES string of the molecule is O=C1CC[C@H](/C=C/C(O)Cc2cc(F)ccc2F)C1. The fraction of sp³-hybridized carbons (Fsp3) is 0.400. The molecule has 0 amide bonds. The standard InChI is InChI=1S/C15H16F2O2/c16-12-3-6-15(17)11(8-12)9-14(19)5-2-10-1-4-13(18)7-10/h2-3,5-6,8,10,14,19H,1,4,7,9H2/b5-2+/t10-,14?/m1/s1. The molecule has 1 aliphatic carbocycles. The van der Waals surface area contributed by atoms with Crippen molar-refractivity contribution in [2.75, 3.05) is 0 Å². The molecular weight excluding hydrogens is 250 g/mol. The summed E-state index contributed by atoms with van der Waals surface area (Å²) in [4.78, 5) is 11.1. The van der Waals surface area contributed by atoms with Crippen molar-refractivity contribution in [2.45, 2.75) is 31.8 Å². The molecule has 102 valence electrons. The summed E-state index contributed by atoms with van der Waals surface area (Å²) >= 11 is 0. The van der Waals surface area contributed by atoms with Crippen molar-refractivity contribution in [2.24, 2.45) is 5.92 Å². The second kappa shape index (κ2) is 6.06. The topological polar surface area (TPSA) is 37.3 Å². The van der Waals surface area contributed by atoms with Gasteiger partial charge in [0.25, 0.3) is 0 Å². The fourth-order valence-corrected chi connectivity index (χ4v) is 2.29. The molecule has 2 nitrogen and oxygen atoms in total. The second-order valence-electron chi connectivity index (χ2n) is 4.93. The number of Topliss-reactive ketones (excluding diaryl/α,β-unsaturated/α-hetero) is 1. The van der Waals surface area contributed by atoms with Gasteiger partial charge >= 0.3 is 0 Å². The van der Waals surface area contributed by atoms with Crippen LogP contribution in [0.5, 0.6) is 0 Å². The van der Waals surface area contributed by atoms with Crippen LogP contribution in [0.4, 0.5) is 8.78 Å². The Morgan fingerprint density at radius 3 is 2.89 bits per heavy atom. The molecular formula is C15H16F2O2. The number of aliphatic hydroxyl groups is 1. The number of rotatable bonds is 4. The Bertz CT molecular complexity index is 497. The van der Waals surface area contributed by atoms with Crippen LogP contribution in [0.3, 0.4) is 0 Å². The maximum absolute atomic E-state index is 13.4. The van der Waals surface area contributed by atoms with Crippen LogP contribution >= 0.6 is 0 Å². The van der Waals surface area contributed by atoms with Gasteiger partial charge in [-0.3, -0.25) is 4.79 Å². The monoisotopic (exact) mass is 266 g/mol. The third-order valence-corrected chi connectivity index (χ3v) is 3.33. The number of hydrogen-bond acceptors (Lipinski definition) is 2. The summed E-state index contributed by atoms with van der Waals surface area (Å²) < 4.78 is 26.3. The third-order valence-electron chi connectivity index (χ3n) is 3.33. The molecule has 1 N–H and O–H groups in total. The molecule has 2 atom stereocenters. The maximum atomic E-state index is 13.4. The van der Waals surface area contributed by atoms with E-state index in [1.165, 1.54) is 0 Å². The van der Waals surface area contributed by atoms with E-state index in [9.17, 15) is 18.7 Å². The van der Waals surface area contributed by atoms with Gasteiger partial charge in [0.1, 0.15) is 17.4 Å². The summed E-state index contributed by atoms with van der Waals surface area (Å²) in [6.07, 6.45) is 4.42. The predicted octanol–water partition coefficient (Wildman–Crippen LogP) is 2.79. The van der Waals surface area contributed by atoms with Crippen LogP contribution in [0, 0.1) is 17.6 Å². The van der Waals surface area contributed by atoms with Crippen molar-refractivity contribution in [3.8, 4) is 0 Å². The van der Waals surface area contributed by atoms with E-state index in [-0.39, 0.29) is 23.7 Å². The minimum absolute atomic E-state index is 0.0285. The first-order valence-electron chi connectivity index (χ1n) is 6.36. The van der Waals surface area contributed by atoms with Crippen molar-refractivity contribution in [1.82, 2.24) is 0 Å². The first-order valence-corrected chi connectivity index (χ1v) is 6.36. The van der Waals surface area contributed by atoms with Crippen LogP contribution < -0.4 is 0 Å². The molecule has 0 aromatic heterocycles. The third kappa shape index (κ3) is 3.96. The number of benzene rings is 1. The van der Waals surface area contributed by atoms with E-state index in [1.54, 1.807) is 12.2 Å². The summed E-state index contributed by atoms with van der Waals surface area (Å²) in [5.41, 5.74) is 0.152. The first-order chi connectivity index (χ1) is 9.04. The Kier molecular flexibility index (Phi) is 4.43. The summed E-state index contributed by atoms with van der Waals surface area (Å²) in [6, 6.07) is 3.19. The summed E-state index contributed by atoms with van der Waals surface area (Å²) in [5.74, 6) is -0.640. The molecule has 0 saturated heterocycles. The van der Waals surface area contributed by atoms with Gasteiger partial charge in [-0.25, -0.2) is 8.78 Å². The molecule has 4 heteroatoms. The largest absolute Gasteiger partial charge is 0.389 e. The van der Waals surface area contributed by atoms with Gasteiger partial charge in [-0.1, -0.05) is 12.2 Å². The maximum Gasteiger partial charge on any atom is 0.133 e. The van der Waals surface area contributed by atoms with Crippen molar-refractivity contribution in [3.63, 3.8) is 0 Å². The lowest BCUT2D eigenvalue weighted by Crippen LogP contribution is -2.09. The van der Waals surface area contributed by atoms with E-state index in [0.29, 0.717) is 12.8 Å². The molecule has 0 spiro atoms. The van der Waals surface area contributed by atoms with Gasteiger partial charge in [-0.05, 0) is 36.1 Å². The lowest BCUT2D eigenvalue weighted by Gasteiger charge is -2.08. The van der Waals surface area contributed by atoms with Gasteiger partial charge in [-0.15, -0.1) is 0 Å². The van der Waals surface area contributed by atoms with Crippen molar-refractivity contribution in [3.05, 3.63) is 47.5 Å². The highest BCUT2D eigenvalue weighted by atomic mass is 19.1. The van der Waals surface area contributed by atoms with Gasteiger partial charge in [0.15, 0.2) is 0 Å². The Hall–Kier alpha value is -1.55. The molecule has 1 aliphatic rings. The Balaban J connectivity index is 1.93. The van der Waals surface area contributed by atoms with Crippen LogP contribution in [-0.4, -0.2) is 17.0 Å². The molecule has 0 aliphatic heterocycles. The number of carbonyl (C=O) groups is 1.